The molecule has 0 saturated heterocycles. The molecule has 0 aliphatic carbocycles. The van der Waals surface area contributed by atoms with E-state index in [1.807, 2.05) is 29.5 Å². The van der Waals surface area contributed by atoms with E-state index in [1.165, 1.54) is 5.56 Å². The maximum atomic E-state index is 5.76. The van der Waals surface area contributed by atoms with Gasteiger partial charge in [-0.2, -0.15) is 0 Å². The van der Waals surface area contributed by atoms with Crippen LogP contribution in [0.4, 0.5) is 5.69 Å². The lowest BCUT2D eigenvalue weighted by molar-refractivity contribution is 0.260. The summed E-state index contributed by atoms with van der Waals surface area (Å²) in [5, 5.41) is 8.94. The second-order valence-electron chi connectivity index (χ2n) is 6.73. The van der Waals surface area contributed by atoms with E-state index in [0.717, 1.165) is 62.2 Å². The number of fused-ring (bicyclic) bond motifs is 2. The third kappa shape index (κ3) is 4.54. The van der Waals surface area contributed by atoms with Gasteiger partial charge in [0.1, 0.15) is 0 Å². The Bertz CT molecular complexity index is 805. The molecule has 0 bridgehead atoms. The summed E-state index contributed by atoms with van der Waals surface area (Å²) < 4.78 is 11.4. The molecule has 0 atom stereocenters. The molecular formula is C20H26N4O2S. The molecule has 27 heavy (non-hydrogen) atoms. The maximum Gasteiger partial charge on any atom is 0.195 e. The van der Waals surface area contributed by atoms with Crippen molar-refractivity contribution in [2.75, 3.05) is 45.2 Å². The van der Waals surface area contributed by atoms with Crippen LogP contribution in [-0.2, 0) is 13.0 Å². The summed E-state index contributed by atoms with van der Waals surface area (Å²) in [5.74, 6) is 2.35. The fourth-order valence-electron chi connectivity index (χ4n) is 3.39. The fourth-order valence-corrected chi connectivity index (χ4v) is 4.28. The van der Waals surface area contributed by atoms with Crippen molar-refractivity contribution in [3.63, 3.8) is 0 Å². The van der Waals surface area contributed by atoms with Gasteiger partial charge in [-0.1, -0.05) is 0 Å². The van der Waals surface area contributed by atoms with E-state index in [9.17, 15) is 0 Å². The number of nitrogens with one attached hydrogen (secondary N) is 2. The number of aliphatic imine (C=N–C) groups is 1. The van der Waals surface area contributed by atoms with Crippen molar-refractivity contribution >= 4 is 23.0 Å². The van der Waals surface area contributed by atoms with Gasteiger partial charge in [-0.25, -0.2) is 0 Å². The summed E-state index contributed by atoms with van der Waals surface area (Å²) in [7, 11) is 1.79. The maximum absolute atomic E-state index is 5.76. The lowest BCUT2D eigenvalue weighted by Gasteiger charge is -2.27. The zero-order valence-corrected chi connectivity index (χ0v) is 16.5. The Labute approximate surface area is 164 Å². The van der Waals surface area contributed by atoms with Gasteiger partial charge in [-0.3, -0.25) is 9.89 Å². The molecule has 0 saturated carbocycles. The molecule has 2 aliphatic rings. The Hall–Kier alpha value is -2.25. The minimum absolute atomic E-state index is 0.686. The standard InChI is InChI=1S/C20H26N4O2S/c1-21-20(22-7-9-24-8-5-19-15(14-24)6-12-27-19)23-16-3-4-17-18(13-16)26-11-2-10-25-17/h3-4,6,12-13H,2,5,7-11,14H2,1H3,(H2,21,22,23). The number of anilines is 1. The van der Waals surface area contributed by atoms with Crippen molar-refractivity contribution in [2.45, 2.75) is 19.4 Å². The number of ether oxygens (including phenoxy) is 2. The molecule has 0 spiro atoms. The summed E-state index contributed by atoms with van der Waals surface area (Å²) in [5.41, 5.74) is 2.43. The number of thiophene rings is 1. The Balaban J connectivity index is 1.28. The molecule has 0 unspecified atom stereocenters. The molecule has 3 heterocycles. The Morgan fingerprint density at radius 1 is 1.22 bits per heavy atom. The van der Waals surface area contributed by atoms with Crippen LogP contribution in [0.3, 0.4) is 0 Å². The van der Waals surface area contributed by atoms with E-state index in [2.05, 4.69) is 32.0 Å². The number of hydrogen-bond acceptors (Lipinski definition) is 5. The van der Waals surface area contributed by atoms with Gasteiger partial charge < -0.3 is 20.1 Å². The first-order valence-electron chi connectivity index (χ1n) is 9.47. The first-order valence-corrected chi connectivity index (χ1v) is 10.3. The molecule has 144 valence electrons. The molecule has 4 rings (SSSR count). The molecule has 2 N–H and O–H groups in total. The average Bonchev–Trinajstić information content (AvgIpc) is 3.03. The predicted octanol–water partition coefficient (Wildman–Crippen LogP) is 2.96. The molecule has 6 nitrogen and oxygen atoms in total. The highest BCUT2D eigenvalue weighted by Gasteiger charge is 2.16. The van der Waals surface area contributed by atoms with Crippen molar-refractivity contribution in [2.24, 2.45) is 4.99 Å². The number of benzene rings is 1. The Morgan fingerprint density at radius 3 is 3.00 bits per heavy atom. The predicted molar refractivity (Wildman–Crippen MR) is 110 cm³/mol. The summed E-state index contributed by atoms with van der Waals surface area (Å²) in [6.07, 6.45) is 2.07. The molecule has 2 aliphatic heterocycles. The Kier molecular flexibility index (Phi) is 5.79. The van der Waals surface area contributed by atoms with Crippen LogP contribution in [0.2, 0.25) is 0 Å². The minimum atomic E-state index is 0.686. The molecule has 0 fully saturated rings. The summed E-state index contributed by atoms with van der Waals surface area (Å²) in [4.78, 5) is 8.37. The van der Waals surface area contributed by atoms with E-state index in [-0.39, 0.29) is 0 Å². The number of hydrogen-bond donors (Lipinski definition) is 2. The summed E-state index contributed by atoms with van der Waals surface area (Å²) in [6, 6.07) is 8.16. The van der Waals surface area contributed by atoms with Gasteiger partial charge in [0.05, 0.1) is 13.2 Å². The van der Waals surface area contributed by atoms with Crippen molar-refractivity contribution < 1.29 is 9.47 Å². The zero-order chi connectivity index (χ0) is 18.5. The second kappa shape index (κ2) is 8.63. The third-order valence-electron chi connectivity index (χ3n) is 4.84. The van der Waals surface area contributed by atoms with Gasteiger partial charge in [0.15, 0.2) is 17.5 Å². The minimum Gasteiger partial charge on any atom is -0.490 e. The van der Waals surface area contributed by atoms with Crippen LogP contribution < -0.4 is 20.1 Å². The molecule has 1 aromatic carbocycles. The quantitative estimate of drug-likeness (QED) is 0.625. The van der Waals surface area contributed by atoms with E-state index in [4.69, 9.17) is 9.47 Å². The molecule has 7 heteroatoms. The Morgan fingerprint density at radius 2 is 2.11 bits per heavy atom. The first kappa shape index (κ1) is 18.1. The lowest BCUT2D eigenvalue weighted by atomic mass is 10.1. The van der Waals surface area contributed by atoms with Crippen LogP contribution in [0.15, 0.2) is 34.6 Å². The summed E-state index contributed by atoms with van der Waals surface area (Å²) >= 11 is 1.88. The van der Waals surface area contributed by atoms with Crippen LogP contribution in [0.5, 0.6) is 11.5 Å². The van der Waals surface area contributed by atoms with Crippen molar-refractivity contribution in [3.8, 4) is 11.5 Å². The smallest absolute Gasteiger partial charge is 0.195 e. The molecule has 2 aromatic rings. The SMILES string of the molecule is CN=C(NCCN1CCc2sccc2C1)Nc1ccc2c(c1)OCCCO2. The van der Waals surface area contributed by atoms with Gasteiger partial charge >= 0.3 is 0 Å². The lowest BCUT2D eigenvalue weighted by Crippen LogP contribution is -2.39. The van der Waals surface area contributed by atoms with Crippen LogP contribution in [0, 0.1) is 0 Å². The van der Waals surface area contributed by atoms with Gasteiger partial charge in [0.25, 0.3) is 0 Å². The zero-order valence-electron chi connectivity index (χ0n) is 15.7. The number of rotatable bonds is 4. The molecule has 0 radical (unpaired) electrons. The van der Waals surface area contributed by atoms with Crippen LogP contribution in [-0.4, -0.2) is 50.8 Å². The topological polar surface area (TPSA) is 58.1 Å². The van der Waals surface area contributed by atoms with Crippen molar-refractivity contribution in [1.29, 1.82) is 0 Å². The van der Waals surface area contributed by atoms with Gasteiger partial charge in [-0.05, 0) is 35.6 Å². The van der Waals surface area contributed by atoms with E-state index in [1.54, 1.807) is 11.9 Å². The van der Waals surface area contributed by atoms with Crippen LogP contribution in [0.25, 0.3) is 0 Å². The highest BCUT2D eigenvalue weighted by Crippen LogP contribution is 2.32. The molecule has 1 aromatic heterocycles. The fraction of sp³-hybridized carbons (Fsp3) is 0.450. The van der Waals surface area contributed by atoms with Crippen LogP contribution in [0.1, 0.15) is 16.9 Å². The largest absolute Gasteiger partial charge is 0.490 e. The second-order valence-corrected chi connectivity index (χ2v) is 7.73. The van der Waals surface area contributed by atoms with E-state index < -0.39 is 0 Å². The first-order chi connectivity index (χ1) is 13.3. The molecule has 0 amide bonds. The normalized spacial score (nSPS) is 17.1. The van der Waals surface area contributed by atoms with Gasteiger partial charge in [0.2, 0.25) is 0 Å². The van der Waals surface area contributed by atoms with E-state index >= 15 is 0 Å². The van der Waals surface area contributed by atoms with Gasteiger partial charge in [-0.15, -0.1) is 11.3 Å². The van der Waals surface area contributed by atoms with Crippen LogP contribution >= 0.6 is 11.3 Å². The monoisotopic (exact) mass is 386 g/mol. The highest BCUT2D eigenvalue weighted by atomic mass is 32.1. The number of guanidine groups is 1. The van der Waals surface area contributed by atoms with Crippen molar-refractivity contribution in [1.82, 2.24) is 10.2 Å². The highest BCUT2D eigenvalue weighted by molar-refractivity contribution is 7.10. The van der Waals surface area contributed by atoms with E-state index in [0.29, 0.717) is 13.2 Å². The van der Waals surface area contributed by atoms with Gasteiger partial charge in [0, 0.05) is 56.3 Å². The summed E-state index contributed by atoms with van der Waals surface area (Å²) in [6.45, 7) is 5.41. The van der Waals surface area contributed by atoms with Crippen molar-refractivity contribution in [3.05, 3.63) is 40.1 Å². The number of nitrogens with zero attached hydrogens (tertiary/aromatic N) is 2. The molecular weight excluding hydrogens is 360 g/mol. The average molecular weight is 387 g/mol. The third-order valence-corrected chi connectivity index (χ3v) is 5.86.